The maximum Gasteiger partial charge on any atom is 0.340 e. The summed E-state index contributed by atoms with van der Waals surface area (Å²) in [4.78, 5) is 16.9. The van der Waals surface area contributed by atoms with Gasteiger partial charge in [0.1, 0.15) is 18.9 Å². The van der Waals surface area contributed by atoms with Gasteiger partial charge in [0.05, 0.1) is 36.7 Å². The zero-order valence-electron chi connectivity index (χ0n) is 9.75. The highest BCUT2D eigenvalue weighted by atomic mass is 16.5. The molecule has 0 atom stereocenters. The number of anilines is 2. The van der Waals surface area contributed by atoms with Gasteiger partial charge in [0.15, 0.2) is 0 Å². The van der Waals surface area contributed by atoms with Crippen LogP contribution in [0.25, 0.3) is 0 Å². The lowest BCUT2D eigenvalue weighted by Crippen LogP contribution is -2.25. The standard InChI is InChI=1S/C11H11N5O2/c1-18-11(17)8-6-10(15-7-9(8)14)16(4-2-12)5-3-13/h6-7H,4-5,14H2,1H3. The number of hydrogen-bond donors (Lipinski definition) is 1. The highest BCUT2D eigenvalue weighted by Gasteiger charge is 2.14. The molecule has 7 heteroatoms. The summed E-state index contributed by atoms with van der Waals surface area (Å²) in [6.07, 6.45) is 1.29. The summed E-state index contributed by atoms with van der Waals surface area (Å²) >= 11 is 0. The van der Waals surface area contributed by atoms with E-state index < -0.39 is 5.97 Å². The van der Waals surface area contributed by atoms with E-state index >= 15 is 0 Å². The molecular weight excluding hydrogens is 234 g/mol. The van der Waals surface area contributed by atoms with Crippen molar-refractivity contribution >= 4 is 17.5 Å². The summed E-state index contributed by atoms with van der Waals surface area (Å²) in [5.74, 6) is -0.266. The number of hydrogen-bond acceptors (Lipinski definition) is 7. The van der Waals surface area contributed by atoms with E-state index in [2.05, 4.69) is 9.72 Å². The number of carbonyl (C=O) groups excluding carboxylic acids is 1. The Labute approximate surface area is 104 Å². The topological polar surface area (TPSA) is 116 Å². The minimum atomic E-state index is -0.593. The maximum atomic E-state index is 11.4. The number of nitrogen functional groups attached to an aromatic ring is 1. The normalized spacial score (nSPS) is 9.06. The Hall–Kier alpha value is -2.80. The van der Waals surface area contributed by atoms with E-state index in [0.29, 0.717) is 5.82 Å². The van der Waals surface area contributed by atoms with Gasteiger partial charge < -0.3 is 15.4 Å². The number of nitrogens with two attached hydrogens (primary N) is 1. The van der Waals surface area contributed by atoms with Crippen LogP contribution in [0.3, 0.4) is 0 Å². The lowest BCUT2D eigenvalue weighted by Gasteiger charge is -2.17. The Morgan fingerprint density at radius 2 is 2.11 bits per heavy atom. The number of aromatic nitrogens is 1. The first-order valence-electron chi connectivity index (χ1n) is 4.96. The SMILES string of the molecule is COC(=O)c1cc(N(CC#N)CC#N)ncc1N. The molecule has 0 unspecified atom stereocenters. The molecule has 0 saturated heterocycles. The van der Waals surface area contributed by atoms with Crippen LogP contribution in [0, 0.1) is 22.7 Å². The van der Waals surface area contributed by atoms with Gasteiger partial charge in [-0.1, -0.05) is 0 Å². The van der Waals surface area contributed by atoms with Gasteiger partial charge in [0.25, 0.3) is 0 Å². The zero-order chi connectivity index (χ0) is 13.5. The van der Waals surface area contributed by atoms with Crippen LogP contribution in [-0.2, 0) is 4.74 Å². The van der Waals surface area contributed by atoms with E-state index in [1.54, 1.807) is 0 Å². The summed E-state index contributed by atoms with van der Waals surface area (Å²) < 4.78 is 4.58. The first kappa shape index (κ1) is 13.3. The number of rotatable bonds is 4. The van der Waals surface area contributed by atoms with Crippen molar-refractivity contribution in [2.24, 2.45) is 0 Å². The number of nitrogens with zero attached hydrogens (tertiary/aromatic N) is 4. The molecule has 0 aliphatic rings. The fraction of sp³-hybridized carbons (Fsp3) is 0.273. The lowest BCUT2D eigenvalue weighted by molar-refractivity contribution is 0.0602. The van der Waals surface area contributed by atoms with Crippen LogP contribution in [0.4, 0.5) is 11.5 Å². The van der Waals surface area contributed by atoms with Crippen molar-refractivity contribution in [3.05, 3.63) is 17.8 Å². The molecular formula is C11H11N5O2. The smallest absolute Gasteiger partial charge is 0.340 e. The van der Waals surface area contributed by atoms with Crippen LogP contribution in [0.5, 0.6) is 0 Å². The molecule has 1 aromatic rings. The Balaban J connectivity index is 3.14. The third kappa shape index (κ3) is 2.86. The van der Waals surface area contributed by atoms with Crippen LogP contribution in [0.2, 0.25) is 0 Å². The van der Waals surface area contributed by atoms with E-state index in [9.17, 15) is 4.79 Å². The molecule has 0 fully saturated rings. The maximum absolute atomic E-state index is 11.4. The summed E-state index contributed by atoms with van der Waals surface area (Å²) in [7, 11) is 1.24. The average Bonchev–Trinajstić information content (AvgIpc) is 2.38. The summed E-state index contributed by atoms with van der Waals surface area (Å²) in [6.45, 7) is -0.0177. The molecule has 0 spiro atoms. The van der Waals surface area contributed by atoms with Crippen molar-refractivity contribution in [1.82, 2.24) is 4.98 Å². The van der Waals surface area contributed by atoms with Gasteiger partial charge in [-0.15, -0.1) is 0 Å². The van der Waals surface area contributed by atoms with E-state index in [1.165, 1.54) is 24.3 Å². The Bertz CT molecular complexity index is 513. The number of nitriles is 2. The number of esters is 1. The van der Waals surface area contributed by atoms with Crippen molar-refractivity contribution in [2.45, 2.75) is 0 Å². The third-order valence-corrected chi connectivity index (χ3v) is 2.17. The monoisotopic (exact) mass is 245 g/mol. The van der Waals surface area contributed by atoms with Crippen LogP contribution in [-0.4, -0.2) is 31.2 Å². The second-order valence-electron chi connectivity index (χ2n) is 3.29. The predicted molar refractivity (Wildman–Crippen MR) is 63.4 cm³/mol. The van der Waals surface area contributed by atoms with Crippen molar-refractivity contribution in [1.29, 1.82) is 10.5 Å². The molecule has 92 valence electrons. The quantitative estimate of drug-likeness (QED) is 0.599. The van der Waals surface area contributed by atoms with Gasteiger partial charge in [-0.25, -0.2) is 9.78 Å². The van der Waals surface area contributed by atoms with Crippen molar-refractivity contribution in [3.63, 3.8) is 0 Å². The second kappa shape index (κ2) is 6.06. The molecule has 0 bridgehead atoms. The lowest BCUT2D eigenvalue weighted by atomic mass is 10.2. The molecule has 7 nitrogen and oxygen atoms in total. The van der Waals surface area contributed by atoms with Crippen molar-refractivity contribution in [2.75, 3.05) is 30.8 Å². The van der Waals surface area contributed by atoms with Gasteiger partial charge in [0.2, 0.25) is 0 Å². The molecule has 0 aromatic carbocycles. The highest BCUT2D eigenvalue weighted by molar-refractivity contribution is 5.95. The van der Waals surface area contributed by atoms with Gasteiger partial charge >= 0.3 is 5.97 Å². The average molecular weight is 245 g/mol. The molecule has 0 aliphatic carbocycles. The van der Waals surface area contributed by atoms with E-state index in [4.69, 9.17) is 16.3 Å². The van der Waals surface area contributed by atoms with Crippen LogP contribution in [0.15, 0.2) is 12.3 Å². The molecule has 2 N–H and O–H groups in total. The predicted octanol–water partition coefficient (Wildman–Crippen LogP) is 0.304. The summed E-state index contributed by atoms with van der Waals surface area (Å²) in [5.41, 5.74) is 5.94. The Morgan fingerprint density at radius 3 is 2.61 bits per heavy atom. The number of ether oxygens (including phenoxy) is 1. The Morgan fingerprint density at radius 1 is 1.50 bits per heavy atom. The molecule has 1 heterocycles. The fourth-order valence-corrected chi connectivity index (χ4v) is 1.30. The van der Waals surface area contributed by atoms with E-state index in [1.807, 2.05) is 12.1 Å². The summed E-state index contributed by atoms with van der Waals surface area (Å²) in [6, 6.07) is 5.23. The zero-order valence-corrected chi connectivity index (χ0v) is 9.75. The van der Waals surface area contributed by atoms with Crippen molar-refractivity contribution in [3.8, 4) is 12.1 Å². The first-order valence-corrected chi connectivity index (χ1v) is 4.96. The largest absolute Gasteiger partial charge is 0.465 e. The molecule has 0 radical (unpaired) electrons. The van der Waals surface area contributed by atoms with Gasteiger partial charge in [0, 0.05) is 0 Å². The molecule has 1 rings (SSSR count). The van der Waals surface area contributed by atoms with Crippen LogP contribution in [0.1, 0.15) is 10.4 Å². The fourth-order valence-electron chi connectivity index (χ4n) is 1.30. The number of carbonyl (C=O) groups is 1. The van der Waals surface area contributed by atoms with E-state index in [-0.39, 0.29) is 24.3 Å². The number of pyridine rings is 1. The van der Waals surface area contributed by atoms with Crippen LogP contribution < -0.4 is 10.6 Å². The Kier molecular flexibility index (Phi) is 4.47. The van der Waals surface area contributed by atoms with Crippen molar-refractivity contribution < 1.29 is 9.53 Å². The van der Waals surface area contributed by atoms with Gasteiger partial charge in [-0.05, 0) is 6.07 Å². The van der Waals surface area contributed by atoms with Crippen LogP contribution >= 0.6 is 0 Å². The second-order valence-corrected chi connectivity index (χ2v) is 3.29. The highest BCUT2D eigenvalue weighted by Crippen LogP contribution is 2.18. The first-order chi connectivity index (χ1) is 8.63. The minimum absolute atomic E-state index is 0.00884. The van der Waals surface area contributed by atoms with E-state index in [0.717, 1.165) is 0 Å². The van der Waals surface area contributed by atoms with Gasteiger partial charge in [-0.2, -0.15) is 10.5 Å². The number of methoxy groups -OCH3 is 1. The molecule has 1 aromatic heterocycles. The molecule has 0 aliphatic heterocycles. The molecule has 0 saturated carbocycles. The third-order valence-electron chi connectivity index (χ3n) is 2.17. The minimum Gasteiger partial charge on any atom is -0.465 e. The summed E-state index contributed by atoms with van der Waals surface area (Å²) in [5, 5.41) is 17.3. The molecule has 0 amide bonds. The van der Waals surface area contributed by atoms with Gasteiger partial charge in [-0.3, -0.25) is 0 Å². The molecule has 18 heavy (non-hydrogen) atoms.